The zero-order chi connectivity index (χ0) is 12.7. The van der Waals surface area contributed by atoms with Crippen LogP contribution in [-0.4, -0.2) is 40.1 Å². The van der Waals surface area contributed by atoms with E-state index in [2.05, 4.69) is 5.32 Å². The van der Waals surface area contributed by atoms with Crippen LogP contribution in [-0.2, 0) is 14.4 Å². The van der Waals surface area contributed by atoms with Crippen LogP contribution in [0.3, 0.4) is 0 Å². The van der Waals surface area contributed by atoms with Crippen LogP contribution in [0.1, 0.15) is 26.2 Å². The van der Waals surface area contributed by atoms with E-state index in [1.807, 2.05) is 0 Å². The lowest BCUT2D eigenvalue weighted by atomic mass is 10.1. The molecule has 0 aliphatic rings. The summed E-state index contributed by atoms with van der Waals surface area (Å²) in [4.78, 5) is 32.3. The van der Waals surface area contributed by atoms with E-state index in [1.165, 1.54) is 0 Å². The first-order chi connectivity index (χ1) is 7.38. The smallest absolute Gasteiger partial charge is 0.326 e. The molecule has 0 aromatic heterocycles. The van der Waals surface area contributed by atoms with E-state index in [-0.39, 0.29) is 6.42 Å². The first kappa shape index (κ1) is 14.4. The molecular formula is C9H16N2O5. The van der Waals surface area contributed by atoms with Crippen LogP contribution in [0, 0.1) is 0 Å². The summed E-state index contributed by atoms with van der Waals surface area (Å²) < 4.78 is 0. The highest BCUT2D eigenvalue weighted by Gasteiger charge is 2.23. The Balaban J connectivity index is 4.28. The predicted octanol–water partition coefficient (Wildman–Crippen LogP) is -0.842. The van der Waals surface area contributed by atoms with Gasteiger partial charge in [-0.2, -0.15) is 0 Å². The molecule has 0 aromatic carbocycles. The molecule has 0 fully saturated rings. The van der Waals surface area contributed by atoms with E-state index >= 15 is 0 Å². The van der Waals surface area contributed by atoms with E-state index in [1.54, 1.807) is 6.92 Å². The molecule has 0 aliphatic heterocycles. The third kappa shape index (κ3) is 5.30. The molecule has 1 amide bonds. The lowest BCUT2D eigenvalue weighted by molar-refractivity contribution is -0.142. The van der Waals surface area contributed by atoms with Gasteiger partial charge < -0.3 is 21.3 Å². The lowest BCUT2D eigenvalue weighted by Gasteiger charge is -2.16. The van der Waals surface area contributed by atoms with Crippen molar-refractivity contribution in [3.63, 3.8) is 0 Å². The highest BCUT2D eigenvalue weighted by molar-refractivity contribution is 5.89. The van der Waals surface area contributed by atoms with Gasteiger partial charge in [-0.25, -0.2) is 4.79 Å². The Morgan fingerprint density at radius 3 is 2.25 bits per heavy atom. The third-order valence-corrected chi connectivity index (χ3v) is 1.92. The van der Waals surface area contributed by atoms with Crippen LogP contribution in [0.2, 0.25) is 0 Å². The maximum atomic E-state index is 11.3. The molecule has 0 radical (unpaired) electrons. The van der Waals surface area contributed by atoms with Crippen molar-refractivity contribution in [2.45, 2.75) is 38.3 Å². The van der Waals surface area contributed by atoms with Crippen LogP contribution < -0.4 is 11.1 Å². The zero-order valence-electron chi connectivity index (χ0n) is 8.97. The number of carbonyl (C=O) groups excluding carboxylic acids is 1. The molecule has 0 aliphatic carbocycles. The van der Waals surface area contributed by atoms with Gasteiger partial charge in [0, 0.05) is 0 Å². The van der Waals surface area contributed by atoms with Crippen molar-refractivity contribution in [2.75, 3.05) is 0 Å². The third-order valence-electron chi connectivity index (χ3n) is 1.92. The molecule has 16 heavy (non-hydrogen) atoms. The van der Waals surface area contributed by atoms with Crippen LogP contribution >= 0.6 is 0 Å². The zero-order valence-corrected chi connectivity index (χ0v) is 8.97. The first-order valence-electron chi connectivity index (χ1n) is 4.89. The fraction of sp³-hybridized carbons (Fsp3) is 0.667. The number of carboxylic acid groups (broad SMARTS) is 2. The van der Waals surface area contributed by atoms with Crippen LogP contribution in [0.15, 0.2) is 0 Å². The van der Waals surface area contributed by atoms with Crippen molar-refractivity contribution >= 4 is 17.8 Å². The number of amides is 1. The maximum absolute atomic E-state index is 11.3. The Bertz CT molecular complexity index is 279. The van der Waals surface area contributed by atoms with Gasteiger partial charge in [-0.1, -0.05) is 13.3 Å². The fourth-order valence-corrected chi connectivity index (χ4v) is 1.11. The number of hydrogen-bond acceptors (Lipinski definition) is 4. The van der Waals surface area contributed by atoms with E-state index in [0.29, 0.717) is 6.42 Å². The Labute approximate surface area is 92.6 Å². The minimum Gasteiger partial charge on any atom is -0.481 e. The number of hydrogen-bond donors (Lipinski definition) is 4. The van der Waals surface area contributed by atoms with E-state index in [4.69, 9.17) is 15.9 Å². The molecule has 0 saturated heterocycles. The van der Waals surface area contributed by atoms with Crippen molar-refractivity contribution in [3.05, 3.63) is 0 Å². The number of nitrogens with two attached hydrogens (primary N) is 1. The molecule has 0 rings (SSSR count). The normalized spacial score (nSPS) is 13.9. The van der Waals surface area contributed by atoms with Crippen molar-refractivity contribution in [3.8, 4) is 0 Å². The van der Waals surface area contributed by atoms with Gasteiger partial charge in [0.1, 0.15) is 6.04 Å². The average Bonchev–Trinajstić information content (AvgIpc) is 2.15. The largest absolute Gasteiger partial charge is 0.481 e. The molecule has 0 bridgehead atoms. The quantitative estimate of drug-likeness (QED) is 0.452. The molecule has 5 N–H and O–H groups in total. The summed E-state index contributed by atoms with van der Waals surface area (Å²) in [7, 11) is 0. The molecule has 2 atom stereocenters. The Morgan fingerprint density at radius 2 is 1.88 bits per heavy atom. The van der Waals surface area contributed by atoms with Gasteiger partial charge in [-0.15, -0.1) is 0 Å². The van der Waals surface area contributed by atoms with Gasteiger partial charge in [0.25, 0.3) is 0 Å². The van der Waals surface area contributed by atoms with E-state index in [9.17, 15) is 14.4 Å². The Kier molecular flexibility index (Phi) is 6.09. The van der Waals surface area contributed by atoms with Gasteiger partial charge in [0.15, 0.2) is 0 Å². The number of aliphatic carboxylic acids is 2. The highest BCUT2D eigenvalue weighted by Crippen LogP contribution is 1.98. The first-order valence-corrected chi connectivity index (χ1v) is 4.89. The van der Waals surface area contributed by atoms with Crippen molar-refractivity contribution < 1.29 is 24.6 Å². The average molecular weight is 232 g/mol. The van der Waals surface area contributed by atoms with E-state index in [0.717, 1.165) is 0 Å². The monoisotopic (exact) mass is 232 g/mol. The van der Waals surface area contributed by atoms with Gasteiger partial charge in [0.2, 0.25) is 5.91 Å². The molecule has 92 valence electrons. The molecular weight excluding hydrogens is 216 g/mol. The number of rotatable bonds is 7. The maximum Gasteiger partial charge on any atom is 0.326 e. The van der Waals surface area contributed by atoms with Gasteiger partial charge in [-0.05, 0) is 6.42 Å². The minimum absolute atomic E-state index is 0.279. The molecule has 0 aromatic rings. The predicted molar refractivity (Wildman–Crippen MR) is 54.7 cm³/mol. The van der Waals surface area contributed by atoms with Gasteiger partial charge in [0.05, 0.1) is 12.5 Å². The van der Waals surface area contributed by atoms with Crippen molar-refractivity contribution in [2.24, 2.45) is 5.73 Å². The standard InChI is InChI=1S/C9H16N2O5/c1-2-3-6(9(15)16)11-8(14)5(10)4-7(12)13/h5-6H,2-4,10H2,1H3,(H,11,14)(H,12,13)(H,15,16)/t5-,6+/m1/s1. The summed E-state index contributed by atoms with van der Waals surface area (Å²) in [6.45, 7) is 1.78. The molecule has 7 nitrogen and oxygen atoms in total. The summed E-state index contributed by atoms with van der Waals surface area (Å²) in [5, 5.41) is 19.3. The SMILES string of the molecule is CCC[C@H](NC(=O)[C@H](N)CC(=O)O)C(=O)O. The number of carboxylic acids is 2. The fourth-order valence-electron chi connectivity index (χ4n) is 1.11. The van der Waals surface area contributed by atoms with Crippen LogP contribution in [0.5, 0.6) is 0 Å². The summed E-state index contributed by atoms with van der Waals surface area (Å²) in [6.07, 6.45) is 0.344. The van der Waals surface area contributed by atoms with Crippen LogP contribution in [0.4, 0.5) is 0 Å². The molecule has 0 unspecified atom stereocenters. The minimum atomic E-state index is -1.23. The van der Waals surface area contributed by atoms with E-state index < -0.39 is 36.4 Å². The second-order valence-corrected chi connectivity index (χ2v) is 3.39. The summed E-state index contributed by atoms with van der Waals surface area (Å²) in [6, 6.07) is -2.24. The number of nitrogens with one attached hydrogen (secondary N) is 1. The summed E-state index contributed by atoms with van der Waals surface area (Å²) in [5.74, 6) is -3.12. The molecule has 0 saturated carbocycles. The second kappa shape index (κ2) is 6.78. The molecule has 0 heterocycles. The Morgan fingerprint density at radius 1 is 1.31 bits per heavy atom. The lowest BCUT2D eigenvalue weighted by Crippen LogP contribution is -2.49. The topological polar surface area (TPSA) is 130 Å². The van der Waals surface area contributed by atoms with Crippen molar-refractivity contribution in [1.29, 1.82) is 0 Å². The van der Waals surface area contributed by atoms with Crippen molar-refractivity contribution in [1.82, 2.24) is 5.32 Å². The Hall–Kier alpha value is -1.63. The second-order valence-electron chi connectivity index (χ2n) is 3.39. The highest BCUT2D eigenvalue weighted by atomic mass is 16.4. The summed E-state index contributed by atoms with van der Waals surface area (Å²) in [5.41, 5.74) is 5.28. The van der Waals surface area contributed by atoms with Gasteiger partial charge in [-0.3, -0.25) is 9.59 Å². The van der Waals surface area contributed by atoms with Crippen LogP contribution in [0.25, 0.3) is 0 Å². The number of carbonyl (C=O) groups is 3. The van der Waals surface area contributed by atoms with Gasteiger partial charge >= 0.3 is 11.9 Å². The summed E-state index contributed by atoms with van der Waals surface area (Å²) >= 11 is 0. The molecule has 7 heteroatoms. The molecule has 0 spiro atoms.